The summed E-state index contributed by atoms with van der Waals surface area (Å²) in [5.74, 6) is -0.555. The molecule has 0 spiro atoms. The minimum Gasteiger partial charge on any atom is -0.326 e. The molecule has 0 fully saturated rings. The number of rotatable bonds is 5. The number of hydrogen-bond acceptors (Lipinski definition) is 6. The Morgan fingerprint density at radius 2 is 1.71 bits per heavy atom. The maximum atomic E-state index is 13.4. The Balaban J connectivity index is 1.49. The number of fused-ring (bicyclic) bond motifs is 1. The molecule has 0 bridgehead atoms. The Hall–Kier alpha value is -2.95. The van der Waals surface area contributed by atoms with Crippen LogP contribution < -0.4 is 11.5 Å². The van der Waals surface area contributed by atoms with Crippen molar-refractivity contribution in [3.05, 3.63) is 77.2 Å². The Labute approximate surface area is 178 Å². The summed E-state index contributed by atoms with van der Waals surface area (Å²) in [5.41, 5.74) is 12.9. The van der Waals surface area contributed by atoms with E-state index in [2.05, 4.69) is 15.0 Å². The van der Waals surface area contributed by atoms with Gasteiger partial charge in [0.1, 0.15) is 10.7 Å². The van der Waals surface area contributed by atoms with Crippen LogP contribution in [0.15, 0.2) is 55.0 Å². The molecule has 0 aliphatic heterocycles. The van der Waals surface area contributed by atoms with Gasteiger partial charge in [0, 0.05) is 36.1 Å². The fourth-order valence-electron chi connectivity index (χ4n) is 3.14. The lowest BCUT2D eigenvalue weighted by Crippen LogP contribution is -2.36. The Kier molecular flexibility index (Phi) is 5.69. The first-order valence-electron chi connectivity index (χ1n) is 9.25. The van der Waals surface area contributed by atoms with Crippen molar-refractivity contribution in [1.29, 1.82) is 0 Å². The molecule has 0 radical (unpaired) electrons. The van der Waals surface area contributed by atoms with Crippen LogP contribution in [0, 0.1) is 5.95 Å². The van der Waals surface area contributed by atoms with E-state index in [0.29, 0.717) is 10.6 Å². The van der Waals surface area contributed by atoms with Crippen LogP contribution in [0.25, 0.3) is 21.2 Å². The zero-order valence-electron chi connectivity index (χ0n) is 16.0. The van der Waals surface area contributed by atoms with E-state index in [1.165, 1.54) is 29.7 Å². The number of thiazole rings is 1. The third kappa shape index (κ3) is 4.71. The van der Waals surface area contributed by atoms with Crippen LogP contribution >= 0.6 is 11.3 Å². The third-order valence-electron chi connectivity index (χ3n) is 4.83. The van der Waals surface area contributed by atoms with Crippen molar-refractivity contribution in [3.8, 4) is 10.4 Å². The van der Waals surface area contributed by atoms with E-state index in [-0.39, 0.29) is 6.42 Å². The van der Waals surface area contributed by atoms with Crippen molar-refractivity contribution < 1.29 is 17.6 Å². The normalized spacial score (nSPS) is 14.0. The fraction of sp³-hybridized carbons (Fsp3) is 0.190. The second-order valence-electron chi connectivity index (χ2n) is 7.07. The molecule has 0 saturated heterocycles. The van der Waals surface area contributed by atoms with Crippen molar-refractivity contribution >= 4 is 22.1 Å². The Morgan fingerprint density at radius 3 is 2.42 bits per heavy atom. The van der Waals surface area contributed by atoms with Gasteiger partial charge in [0.25, 0.3) is 0 Å². The molecule has 10 heteroatoms. The molecule has 31 heavy (non-hydrogen) atoms. The molecular weight excluding hydrogens is 430 g/mol. The molecule has 4 N–H and O–H groups in total. The van der Waals surface area contributed by atoms with E-state index in [1.54, 1.807) is 6.20 Å². The number of alkyl halides is 3. The molecule has 3 aromatic heterocycles. The predicted molar refractivity (Wildman–Crippen MR) is 111 cm³/mol. The molecule has 4 aromatic rings. The molecule has 3 heterocycles. The number of hydrogen-bond donors (Lipinski definition) is 2. The van der Waals surface area contributed by atoms with Crippen LogP contribution in [0.1, 0.15) is 22.3 Å². The SMILES string of the molecule is NC(Cc1ccc(C(F)(F)F)nc1)C(N)c1ncc(-c2ccc3cnc(F)cc3c2)s1. The first-order valence-corrected chi connectivity index (χ1v) is 10.1. The zero-order valence-corrected chi connectivity index (χ0v) is 16.8. The highest BCUT2D eigenvalue weighted by Gasteiger charge is 2.32. The number of benzene rings is 1. The molecular formula is C21H17F4N5S. The first-order chi connectivity index (χ1) is 14.7. The summed E-state index contributed by atoms with van der Waals surface area (Å²) in [7, 11) is 0. The maximum Gasteiger partial charge on any atom is 0.433 e. The van der Waals surface area contributed by atoms with Crippen LogP contribution in [0.5, 0.6) is 0 Å². The fourth-order valence-corrected chi connectivity index (χ4v) is 4.13. The maximum absolute atomic E-state index is 13.4. The molecule has 0 aliphatic rings. The van der Waals surface area contributed by atoms with Gasteiger partial charge in [0.15, 0.2) is 0 Å². The van der Waals surface area contributed by atoms with E-state index in [9.17, 15) is 17.6 Å². The average Bonchev–Trinajstić information content (AvgIpc) is 3.22. The van der Waals surface area contributed by atoms with Gasteiger partial charge < -0.3 is 11.5 Å². The summed E-state index contributed by atoms with van der Waals surface area (Å²) < 4.78 is 51.4. The van der Waals surface area contributed by atoms with Crippen molar-refractivity contribution in [2.24, 2.45) is 11.5 Å². The largest absolute Gasteiger partial charge is 0.433 e. The van der Waals surface area contributed by atoms with E-state index < -0.39 is 29.9 Å². The lowest BCUT2D eigenvalue weighted by molar-refractivity contribution is -0.141. The molecule has 2 atom stereocenters. The minimum absolute atomic E-state index is 0.253. The highest BCUT2D eigenvalue weighted by Crippen LogP contribution is 2.32. The molecule has 5 nitrogen and oxygen atoms in total. The molecule has 0 saturated carbocycles. The van der Waals surface area contributed by atoms with Crippen LogP contribution in [0.4, 0.5) is 17.6 Å². The van der Waals surface area contributed by atoms with E-state index in [0.717, 1.165) is 33.5 Å². The molecule has 160 valence electrons. The minimum atomic E-state index is -4.49. The predicted octanol–water partition coefficient (Wildman–Crippen LogP) is 4.48. The third-order valence-corrected chi connectivity index (χ3v) is 5.98. The van der Waals surface area contributed by atoms with Crippen molar-refractivity contribution in [2.45, 2.75) is 24.7 Å². The summed E-state index contributed by atoms with van der Waals surface area (Å²) in [4.78, 5) is 12.3. The van der Waals surface area contributed by atoms with Gasteiger partial charge in [-0.05, 0) is 35.1 Å². The number of halogens is 4. The second kappa shape index (κ2) is 8.29. The Bertz CT molecular complexity index is 1210. The van der Waals surface area contributed by atoms with Crippen LogP contribution in [0.3, 0.4) is 0 Å². The van der Waals surface area contributed by atoms with E-state index in [4.69, 9.17) is 11.5 Å². The van der Waals surface area contributed by atoms with Crippen LogP contribution in [-0.4, -0.2) is 21.0 Å². The van der Waals surface area contributed by atoms with E-state index >= 15 is 0 Å². The summed E-state index contributed by atoms with van der Waals surface area (Å²) in [6.07, 6.45) is 0.0666. The summed E-state index contributed by atoms with van der Waals surface area (Å²) >= 11 is 1.36. The van der Waals surface area contributed by atoms with Gasteiger partial charge in [-0.3, -0.25) is 4.98 Å². The quantitative estimate of drug-likeness (QED) is 0.348. The highest BCUT2D eigenvalue weighted by atomic mass is 32.1. The summed E-state index contributed by atoms with van der Waals surface area (Å²) in [6.45, 7) is 0. The lowest BCUT2D eigenvalue weighted by Gasteiger charge is -2.18. The Morgan fingerprint density at radius 1 is 0.903 bits per heavy atom. The molecule has 1 aromatic carbocycles. The van der Waals surface area contributed by atoms with E-state index in [1.807, 2.05) is 18.2 Å². The smallest absolute Gasteiger partial charge is 0.326 e. The topological polar surface area (TPSA) is 90.7 Å². The summed E-state index contributed by atoms with van der Waals surface area (Å²) in [5, 5.41) is 2.14. The molecule has 0 amide bonds. The number of nitrogens with two attached hydrogens (primary N) is 2. The standard InChI is InChI=1S/C21H17F4N5S/c22-18-7-14-6-12(2-3-13(14)9-29-18)16-10-30-20(31-16)19(27)15(26)5-11-1-4-17(28-8-11)21(23,24)25/h1-4,6-10,15,19H,5,26-27H2. The van der Waals surface area contributed by atoms with Gasteiger partial charge in [-0.2, -0.15) is 17.6 Å². The van der Waals surface area contributed by atoms with Gasteiger partial charge in [0.05, 0.1) is 10.9 Å². The van der Waals surface area contributed by atoms with Gasteiger partial charge in [-0.25, -0.2) is 9.97 Å². The number of pyridine rings is 2. The molecule has 4 rings (SSSR count). The lowest BCUT2D eigenvalue weighted by atomic mass is 10.0. The number of nitrogens with zero attached hydrogens (tertiary/aromatic N) is 3. The van der Waals surface area contributed by atoms with Gasteiger partial charge >= 0.3 is 6.18 Å². The first kappa shape index (κ1) is 21.3. The molecule has 2 unspecified atom stereocenters. The molecule has 0 aliphatic carbocycles. The highest BCUT2D eigenvalue weighted by molar-refractivity contribution is 7.15. The van der Waals surface area contributed by atoms with Crippen molar-refractivity contribution in [1.82, 2.24) is 15.0 Å². The van der Waals surface area contributed by atoms with Gasteiger partial charge in [0.2, 0.25) is 5.95 Å². The van der Waals surface area contributed by atoms with Crippen LogP contribution in [0.2, 0.25) is 0 Å². The second-order valence-corrected chi connectivity index (χ2v) is 8.14. The number of aromatic nitrogens is 3. The monoisotopic (exact) mass is 447 g/mol. The van der Waals surface area contributed by atoms with Crippen molar-refractivity contribution in [3.63, 3.8) is 0 Å². The van der Waals surface area contributed by atoms with Crippen molar-refractivity contribution in [2.75, 3.05) is 0 Å². The zero-order chi connectivity index (χ0) is 22.2. The van der Waals surface area contributed by atoms with Gasteiger partial charge in [-0.15, -0.1) is 11.3 Å². The average molecular weight is 447 g/mol. The van der Waals surface area contributed by atoms with Crippen LogP contribution in [-0.2, 0) is 12.6 Å². The summed E-state index contributed by atoms with van der Waals surface area (Å²) in [6, 6.07) is 8.04. The van der Waals surface area contributed by atoms with Gasteiger partial charge in [-0.1, -0.05) is 18.2 Å².